The Kier molecular flexibility index (Phi) is 3.35. The zero-order valence-electron chi connectivity index (χ0n) is 13.0. The number of rotatable bonds is 2. The number of aromatic amines is 1. The lowest BCUT2D eigenvalue weighted by Crippen LogP contribution is -2.19. The Hall–Kier alpha value is -3.41. The molecule has 0 bridgehead atoms. The van der Waals surface area contributed by atoms with E-state index in [0.717, 1.165) is 33.3 Å². The van der Waals surface area contributed by atoms with Gasteiger partial charge in [-0.15, -0.1) is 0 Å². The highest BCUT2D eigenvalue weighted by Gasteiger charge is 2.08. The Bertz CT molecular complexity index is 1050. The van der Waals surface area contributed by atoms with Crippen molar-refractivity contribution < 1.29 is 4.79 Å². The van der Waals surface area contributed by atoms with Crippen LogP contribution in [0.1, 0.15) is 5.69 Å². The monoisotopic (exact) mass is 317 g/mol. The van der Waals surface area contributed by atoms with E-state index in [1.54, 1.807) is 6.33 Å². The number of benzene rings is 2. The number of nitrogens with one attached hydrogen (secondary N) is 3. The van der Waals surface area contributed by atoms with Crippen LogP contribution in [-0.2, 0) is 0 Å². The number of nitrogens with zero attached hydrogens (tertiary/aromatic N) is 2. The Morgan fingerprint density at radius 1 is 1.04 bits per heavy atom. The highest BCUT2D eigenvalue weighted by atomic mass is 16.2. The number of para-hydroxylation sites is 1. The van der Waals surface area contributed by atoms with Crippen LogP contribution in [0.25, 0.3) is 21.9 Å². The molecule has 4 aromatic rings. The molecule has 4 rings (SSSR count). The lowest BCUT2D eigenvalue weighted by molar-refractivity contribution is 0.262. The van der Waals surface area contributed by atoms with Crippen LogP contribution in [0.15, 0.2) is 54.9 Å². The van der Waals surface area contributed by atoms with Crippen molar-refractivity contribution in [3.63, 3.8) is 0 Å². The largest absolute Gasteiger partial charge is 0.345 e. The van der Waals surface area contributed by atoms with E-state index in [0.29, 0.717) is 5.69 Å². The van der Waals surface area contributed by atoms with Crippen LogP contribution in [-0.4, -0.2) is 21.0 Å². The number of aromatic nitrogens is 3. The summed E-state index contributed by atoms with van der Waals surface area (Å²) in [6.45, 7) is 1.90. The number of urea groups is 1. The molecule has 2 aromatic carbocycles. The van der Waals surface area contributed by atoms with Gasteiger partial charge in [0.05, 0.1) is 28.6 Å². The summed E-state index contributed by atoms with van der Waals surface area (Å²) < 4.78 is 0. The smallest absolute Gasteiger partial charge is 0.323 e. The summed E-state index contributed by atoms with van der Waals surface area (Å²) in [5, 5.41) is 6.64. The second kappa shape index (κ2) is 5.66. The normalized spacial score (nSPS) is 10.9. The number of amides is 2. The van der Waals surface area contributed by atoms with Gasteiger partial charge in [0.15, 0.2) is 0 Å². The second-order valence-corrected chi connectivity index (χ2v) is 5.54. The zero-order valence-corrected chi connectivity index (χ0v) is 13.0. The van der Waals surface area contributed by atoms with Gasteiger partial charge < -0.3 is 15.6 Å². The summed E-state index contributed by atoms with van der Waals surface area (Å²) in [6, 6.07) is 14.8. The Morgan fingerprint density at radius 2 is 1.92 bits per heavy atom. The summed E-state index contributed by atoms with van der Waals surface area (Å²) in [6.07, 6.45) is 1.63. The van der Waals surface area contributed by atoms with E-state index in [2.05, 4.69) is 25.6 Å². The van der Waals surface area contributed by atoms with Crippen molar-refractivity contribution in [1.29, 1.82) is 0 Å². The van der Waals surface area contributed by atoms with Crippen molar-refractivity contribution in [3.8, 4) is 0 Å². The van der Waals surface area contributed by atoms with E-state index in [1.807, 2.05) is 55.5 Å². The Morgan fingerprint density at radius 3 is 2.83 bits per heavy atom. The molecule has 0 aliphatic carbocycles. The number of imidazole rings is 1. The van der Waals surface area contributed by atoms with Crippen molar-refractivity contribution in [3.05, 3.63) is 60.6 Å². The second-order valence-electron chi connectivity index (χ2n) is 5.54. The fourth-order valence-corrected chi connectivity index (χ4v) is 2.71. The minimum absolute atomic E-state index is 0.301. The van der Waals surface area contributed by atoms with Gasteiger partial charge in [0.1, 0.15) is 0 Å². The summed E-state index contributed by atoms with van der Waals surface area (Å²) in [5.74, 6) is 0. The van der Waals surface area contributed by atoms with Gasteiger partial charge in [-0.05, 0) is 37.3 Å². The molecule has 0 radical (unpaired) electrons. The molecule has 0 fully saturated rings. The molecular formula is C18H15N5O. The summed E-state index contributed by atoms with van der Waals surface area (Å²) in [7, 11) is 0. The maximum absolute atomic E-state index is 12.3. The third-order valence-corrected chi connectivity index (χ3v) is 3.77. The summed E-state index contributed by atoms with van der Waals surface area (Å²) >= 11 is 0. The quantitative estimate of drug-likeness (QED) is 0.521. The van der Waals surface area contributed by atoms with Crippen LogP contribution >= 0.6 is 0 Å². The lowest BCUT2D eigenvalue weighted by Gasteiger charge is -2.11. The average Bonchev–Trinajstić information content (AvgIpc) is 3.02. The molecule has 0 aliphatic heterocycles. The molecule has 0 saturated heterocycles. The molecule has 0 spiro atoms. The molecule has 2 aromatic heterocycles. The van der Waals surface area contributed by atoms with Gasteiger partial charge in [0.25, 0.3) is 0 Å². The predicted molar refractivity (Wildman–Crippen MR) is 95.2 cm³/mol. The average molecular weight is 317 g/mol. The van der Waals surface area contributed by atoms with Crippen molar-refractivity contribution >= 4 is 39.3 Å². The molecule has 24 heavy (non-hydrogen) atoms. The number of carbonyl (C=O) groups excluding carboxylic acids is 1. The van der Waals surface area contributed by atoms with Crippen LogP contribution in [0.4, 0.5) is 16.2 Å². The molecule has 0 aliphatic rings. The first-order valence-corrected chi connectivity index (χ1v) is 7.56. The van der Waals surface area contributed by atoms with Gasteiger partial charge in [-0.2, -0.15) is 0 Å². The Labute approximate surface area is 137 Å². The van der Waals surface area contributed by atoms with Crippen molar-refractivity contribution in [2.75, 3.05) is 10.6 Å². The SMILES string of the molecule is Cc1cc(NC(=O)Nc2ccc3nc[nH]c3c2)c2ccccc2n1. The van der Waals surface area contributed by atoms with E-state index in [4.69, 9.17) is 0 Å². The minimum atomic E-state index is -0.301. The molecule has 2 amide bonds. The van der Waals surface area contributed by atoms with Crippen molar-refractivity contribution in [2.45, 2.75) is 6.92 Å². The molecule has 0 unspecified atom stereocenters. The van der Waals surface area contributed by atoms with Gasteiger partial charge in [0, 0.05) is 16.8 Å². The number of hydrogen-bond donors (Lipinski definition) is 3. The van der Waals surface area contributed by atoms with E-state index < -0.39 is 0 Å². The predicted octanol–water partition coefficient (Wildman–Crippen LogP) is 4.06. The van der Waals surface area contributed by atoms with E-state index in [9.17, 15) is 4.79 Å². The van der Waals surface area contributed by atoms with E-state index in [-0.39, 0.29) is 6.03 Å². The molecule has 2 heterocycles. The van der Waals surface area contributed by atoms with Gasteiger partial charge >= 0.3 is 6.03 Å². The summed E-state index contributed by atoms with van der Waals surface area (Å²) in [5.41, 5.74) is 4.86. The van der Waals surface area contributed by atoms with E-state index in [1.165, 1.54) is 0 Å². The van der Waals surface area contributed by atoms with Gasteiger partial charge in [-0.3, -0.25) is 4.98 Å². The topological polar surface area (TPSA) is 82.7 Å². The number of H-pyrrole nitrogens is 1. The minimum Gasteiger partial charge on any atom is -0.345 e. The third-order valence-electron chi connectivity index (χ3n) is 3.77. The first-order valence-electron chi connectivity index (χ1n) is 7.56. The fourth-order valence-electron chi connectivity index (χ4n) is 2.71. The van der Waals surface area contributed by atoms with Gasteiger partial charge in [0.2, 0.25) is 0 Å². The highest BCUT2D eigenvalue weighted by Crippen LogP contribution is 2.23. The van der Waals surface area contributed by atoms with Crippen LogP contribution in [0.5, 0.6) is 0 Å². The molecule has 118 valence electrons. The molecule has 0 saturated carbocycles. The van der Waals surface area contributed by atoms with Crippen molar-refractivity contribution in [2.24, 2.45) is 0 Å². The lowest BCUT2D eigenvalue weighted by atomic mass is 10.1. The summed E-state index contributed by atoms with van der Waals surface area (Å²) in [4.78, 5) is 24.0. The highest BCUT2D eigenvalue weighted by molar-refractivity contribution is 6.06. The zero-order chi connectivity index (χ0) is 16.5. The van der Waals surface area contributed by atoms with Crippen LogP contribution in [0.2, 0.25) is 0 Å². The fraction of sp³-hybridized carbons (Fsp3) is 0.0556. The molecule has 6 nitrogen and oxygen atoms in total. The van der Waals surface area contributed by atoms with Crippen molar-refractivity contribution in [1.82, 2.24) is 15.0 Å². The molecule has 0 atom stereocenters. The first-order chi connectivity index (χ1) is 11.7. The van der Waals surface area contributed by atoms with Gasteiger partial charge in [-0.1, -0.05) is 18.2 Å². The van der Waals surface area contributed by atoms with Crippen LogP contribution in [0, 0.1) is 6.92 Å². The number of aryl methyl sites for hydroxylation is 1. The Balaban J connectivity index is 1.59. The van der Waals surface area contributed by atoms with Gasteiger partial charge in [-0.25, -0.2) is 9.78 Å². The van der Waals surface area contributed by atoms with Crippen LogP contribution < -0.4 is 10.6 Å². The van der Waals surface area contributed by atoms with E-state index >= 15 is 0 Å². The standard InChI is InChI=1S/C18H15N5O/c1-11-8-16(13-4-2-3-5-14(13)21-11)23-18(24)22-12-6-7-15-17(9-12)20-10-19-15/h2-10H,1H3,(H,19,20)(H2,21,22,23,24). The molecular weight excluding hydrogens is 302 g/mol. The number of anilines is 2. The number of hydrogen-bond acceptors (Lipinski definition) is 3. The van der Waals surface area contributed by atoms with Crippen LogP contribution in [0.3, 0.4) is 0 Å². The maximum Gasteiger partial charge on any atom is 0.323 e. The first kappa shape index (κ1) is 14.2. The number of carbonyl (C=O) groups is 1. The molecule has 6 heteroatoms. The third kappa shape index (κ3) is 2.65. The maximum atomic E-state index is 12.3. The molecule has 3 N–H and O–H groups in total. The number of fused-ring (bicyclic) bond motifs is 2. The number of pyridine rings is 1.